The summed E-state index contributed by atoms with van der Waals surface area (Å²) in [6.07, 6.45) is 0.982. The number of amides is 1. The van der Waals surface area contributed by atoms with Gasteiger partial charge in [0.05, 0.1) is 5.57 Å². The predicted molar refractivity (Wildman–Crippen MR) is 105 cm³/mol. The van der Waals surface area contributed by atoms with Crippen molar-refractivity contribution in [3.63, 3.8) is 0 Å². The first-order chi connectivity index (χ1) is 13.1. The van der Waals surface area contributed by atoms with Crippen molar-refractivity contribution in [2.75, 3.05) is 25.0 Å². The third kappa shape index (κ3) is 3.23. The summed E-state index contributed by atoms with van der Waals surface area (Å²) in [7, 11) is 0. The third-order valence-corrected chi connectivity index (χ3v) is 5.35. The number of rotatable bonds is 5. The van der Waals surface area contributed by atoms with Crippen LogP contribution in [-0.4, -0.2) is 30.4 Å². The van der Waals surface area contributed by atoms with Crippen LogP contribution < -0.4 is 5.32 Å². The van der Waals surface area contributed by atoms with Gasteiger partial charge < -0.3 is 15.0 Å². The van der Waals surface area contributed by atoms with Crippen molar-refractivity contribution in [3.8, 4) is 0 Å². The van der Waals surface area contributed by atoms with Gasteiger partial charge in [0.2, 0.25) is 0 Å². The van der Waals surface area contributed by atoms with Crippen molar-refractivity contribution < 1.29 is 13.9 Å². The highest BCUT2D eigenvalue weighted by Crippen LogP contribution is 2.41. The van der Waals surface area contributed by atoms with Gasteiger partial charge in [-0.15, -0.1) is 0 Å². The summed E-state index contributed by atoms with van der Waals surface area (Å²) in [4.78, 5) is 14.9. The lowest BCUT2D eigenvalue weighted by atomic mass is 9.98. The summed E-state index contributed by atoms with van der Waals surface area (Å²) in [5.74, 6) is -0.0699. The van der Waals surface area contributed by atoms with E-state index in [1.807, 2.05) is 6.07 Å². The van der Waals surface area contributed by atoms with E-state index < -0.39 is 0 Å². The van der Waals surface area contributed by atoms with Crippen LogP contribution in [0.15, 0.2) is 36.4 Å². The number of halogens is 1. The Labute approximate surface area is 158 Å². The summed E-state index contributed by atoms with van der Waals surface area (Å²) in [6, 6.07) is 10.6. The smallest absolute Gasteiger partial charge is 0.260 e. The van der Waals surface area contributed by atoms with Crippen LogP contribution in [0.3, 0.4) is 0 Å². The molecule has 5 heteroatoms. The van der Waals surface area contributed by atoms with E-state index >= 15 is 0 Å². The molecule has 2 aliphatic heterocycles. The van der Waals surface area contributed by atoms with Crippen molar-refractivity contribution >= 4 is 22.9 Å². The standard InChI is InChI=1S/C22H23FN2O2/c1-3-25(4-2)10-9-14-5-7-17-15(11-14)13-27-21(17)20-18-12-16(23)6-8-19(18)24-22(20)26/h5-8,11-12H,3-4,9-10,13H2,1-2H3,(H,24,26). The van der Waals surface area contributed by atoms with Crippen LogP contribution in [0.4, 0.5) is 10.1 Å². The van der Waals surface area contributed by atoms with Crippen LogP contribution >= 0.6 is 0 Å². The predicted octanol–water partition coefficient (Wildman–Crippen LogP) is 4.06. The molecule has 0 bridgehead atoms. The van der Waals surface area contributed by atoms with Crippen molar-refractivity contribution in [1.82, 2.24) is 4.90 Å². The maximum Gasteiger partial charge on any atom is 0.260 e. The van der Waals surface area contributed by atoms with E-state index in [0.29, 0.717) is 29.2 Å². The molecule has 4 nitrogen and oxygen atoms in total. The molecule has 0 aromatic heterocycles. The second kappa shape index (κ2) is 7.16. The fourth-order valence-electron chi connectivity index (χ4n) is 3.77. The van der Waals surface area contributed by atoms with Gasteiger partial charge in [-0.05, 0) is 43.3 Å². The minimum absolute atomic E-state index is 0.246. The minimum Gasteiger partial charge on any atom is -0.487 e. The highest BCUT2D eigenvalue weighted by atomic mass is 19.1. The molecule has 2 aliphatic rings. The monoisotopic (exact) mass is 366 g/mol. The largest absolute Gasteiger partial charge is 0.487 e. The van der Waals surface area contributed by atoms with Crippen molar-refractivity contribution in [2.24, 2.45) is 0 Å². The number of carbonyl (C=O) groups excluding carboxylic acids is 1. The van der Waals surface area contributed by atoms with E-state index in [4.69, 9.17) is 4.74 Å². The number of carbonyl (C=O) groups is 1. The van der Waals surface area contributed by atoms with E-state index in [1.54, 1.807) is 6.07 Å². The Bertz CT molecular complexity index is 932. The molecule has 1 amide bonds. The maximum absolute atomic E-state index is 13.7. The summed E-state index contributed by atoms with van der Waals surface area (Å²) < 4.78 is 19.6. The average Bonchev–Trinajstić information content (AvgIpc) is 3.21. The number of likely N-dealkylation sites (N-methyl/N-ethyl adjacent to an activating group) is 1. The molecule has 2 heterocycles. The van der Waals surface area contributed by atoms with Gasteiger partial charge in [-0.25, -0.2) is 4.39 Å². The molecule has 0 saturated heterocycles. The third-order valence-electron chi connectivity index (χ3n) is 5.35. The van der Waals surface area contributed by atoms with Crippen molar-refractivity contribution in [2.45, 2.75) is 26.9 Å². The Balaban J connectivity index is 1.66. The lowest BCUT2D eigenvalue weighted by Gasteiger charge is -2.17. The van der Waals surface area contributed by atoms with Crippen LogP contribution in [0, 0.1) is 5.82 Å². The zero-order valence-electron chi connectivity index (χ0n) is 15.6. The van der Waals surface area contributed by atoms with Gasteiger partial charge in [0.15, 0.2) is 0 Å². The summed E-state index contributed by atoms with van der Waals surface area (Å²) >= 11 is 0. The fourth-order valence-corrected chi connectivity index (χ4v) is 3.77. The van der Waals surface area contributed by atoms with Crippen LogP contribution in [0.1, 0.15) is 36.1 Å². The summed E-state index contributed by atoms with van der Waals surface area (Å²) in [5.41, 5.74) is 4.86. The molecule has 140 valence electrons. The highest BCUT2D eigenvalue weighted by molar-refractivity contribution is 6.36. The summed E-state index contributed by atoms with van der Waals surface area (Å²) in [6.45, 7) is 7.90. The second-order valence-corrected chi connectivity index (χ2v) is 6.91. The zero-order chi connectivity index (χ0) is 19.0. The molecule has 4 rings (SSSR count). The van der Waals surface area contributed by atoms with E-state index in [0.717, 1.165) is 37.2 Å². The van der Waals surface area contributed by atoms with Crippen LogP contribution in [0.25, 0.3) is 11.3 Å². The van der Waals surface area contributed by atoms with E-state index in [-0.39, 0.29) is 11.7 Å². The molecule has 0 aliphatic carbocycles. The minimum atomic E-state index is -0.367. The number of hydrogen-bond acceptors (Lipinski definition) is 3. The maximum atomic E-state index is 13.7. The Morgan fingerprint density at radius 3 is 2.70 bits per heavy atom. The van der Waals surface area contributed by atoms with Crippen LogP contribution in [0.2, 0.25) is 0 Å². The van der Waals surface area contributed by atoms with E-state index in [9.17, 15) is 9.18 Å². The first-order valence-electron chi connectivity index (χ1n) is 9.43. The van der Waals surface area contributed by atoms with Crippen molar-refractivity contribution in [1.29, 1.82) is 0 Å². The first-order valence-corrected chi connectivity index (χ1v) is 9.43. The average molecular weight is 366 g/mol. The molecule has 0 unspecified atom stereocenters. The number of benzene rings is 2. The Morgan fingerprint density at radius 2 is 1.93 bits per heavy atom. The van der Waals surface area contributed by atoms with Gasteiger partial charge in [-0.3, -0.25) is 4.79 Å². The summed E-state index contributed by atoms with van der Waals surface area (Å²) in [5, 5.41) is 2.79. The van der Waals surface area contributed by atoms with Gasteiger partial charge in [0.25, 0.3) is 5.91 Å². The molecule has 2 aromatic carbocycles. The number of nitrogens with zero attached hydrogens (tertiary/aromatic N) is 1. The lowest BCUT2D eigenvalue weighted by molar-refractivity contribution is -0.110. The molecular weight excluding hydrogens is 343 g/mol. The molecule has 0 fully saturated rings. The topological polar surface area (TPSA) is 41.6 Å². The number of anilines is 1. The van der Waals surface area contributed by atoms with Gasteiger partial charge >= 0.3 is 0 Å². The van der Waals surface area contributed by atoms with Crippen LogP contribution in [0.5, 0.6) is 0 Å². The Morgan fingerprint density at radius 1 is 1.11 bits per heavy atom. The number of hydrogen-bond donors (Lipinski definition) is 1. The SMILES string of the molecule is CCN(CC)CCc1ccc2c(c1)COC2=C1C(=O)Nc2ccc(F)cc21. The quantitative estimate of drug-likeness (QED) is 0.812. The number of fused-ring (bicyclic) bond motifs is 2. The van der Waals surface area contributed by atoms with Gasteiger partial charge in [-0.1, -0.05) is 32.0 Å². The molecule has 2 aromatic rings. The fraction of sp³-hybridized carbons (Fsp3) is 0.318. The van der Waals surface area contributed by atoms with E-state index in [2.05, 4.69) is 36.2 Å². The Kier molecular flexibility index (Phi) is 4.70. The number of nitrogens with one attached hydrogen (secondary N) is 1. The molecule has 0 atom stereocenters. The van der Waals surface area contributed by atoms with Gasteiger partial charge in [0.1, 0.15) is 18.2 Å². The van der Waals surface area contributed by atoms with Crippen molar-refractivity contribution in [3.05, 3.63) is 64.5 Å². The molecule has 0 saturated carbocycles. The molecule has 1 N–H and O–H groups in total. The number of ether oxygens (including phenoxy) is 1. The Hall–Kier alpha value is -2.66. The highest BCUT2D eigenvalue weighted by Gasteiger charge is 2.32. The second-order valence-electron chi connectivity index (χ2n) is 6.91. The van der Waals surface area contributed by atoms with E-state index in [1.165, 1.54) is 17.7 Å². The molecule has 0 spiro atoms. The van der Waals surface area contributed by atoms with Gasteiger partial charge in [-0.2, -0.15) is 0 Å². The lowest BCUT2D eigenvalue weighted by Crippen LogP contribution is -2.25. The molecule has 27 heavy (non-hydrogen) atoms. The first kappa shape index (κ1) is 17.7. The molecule has 0 radical (unpaired) electrons. The van der Waals surface area contributed by atoms with Gasteiger partial charge in [0, 0.05) is 28.9 Å². The normalized spacial score (nSPS) is 17.7. The molecular formula is C22H23FN2O2. The van der Waals surface area contributed by atoms with Crippen LogP contribution in [-0.2, 0) is 22.6 Å². The zero-order valence-corrected chi connectivity index (χ0v) is 15.6.